The van der Waals surface area contributed by atoms with Crippen molar-refractivity contribution in [2.75, 3.05) is 30.8 Å². The summed E-state index contributed by atoms with van der Waals surface area (Å²) in [5.74, 6) is 0.435. The lowest BCUT2D eigenvalue weighted by atomic mass is 10.1. The first-order valence-corrected chi connectivity index (χ1v) is 9.00. The van der Waals surface area contributed by atoms with E-state index < -0.39 is 10.0 Å². The maximum Gasteiger partial charge on any atom is 0.263 e. The molecule has 3 aromatic rings. The minimum atomic E-state index is -3.81. The monoisotopic (exact) mass is 358 g/mol. The Morgan fingerprint density at radius 1 is 0.960 bits per heavy atom. The number of hydrogen-bond donors (Lipinski definition) is 1. The molecule has 0 aliphatic heterocycles. The standard InChI is InChI=1S/C17H18N4O3S/c1-21(2)14-8-4-7-13-12(14)6-5-9-15(13)25(22,23)20-16-10-11-17(24-3)19-18-16/h4-11H,1-3H3,(H,18,20). The third-order valence-electron chi connectivity index (χ3n) is 3.72. The normalized spacial score (nSPS) is 11.3. The molecule has 0 radical (unpaired) electrons. The first-order chi connectivity index (χ1) is 11.9. The van der Waals surface area contributed by atoms with E-state index in [9.17, 15) is 8.42 Å². The Morgan fingerprint density at radius 2 is 1.68 bits per heavy atom. The lowest BCUT2D eigenvalue weighted by Gasteiger charge is -2.17. The molecule has 1 N–H and O–H groups in total. The van der Waals surface area contributed by atoms with Crippen LogP contribution in [0, 0.1) is 0 Å². The molecule has 0 aliphatic rings. The topological polar surface area (TPSA) is 84.4 Å². The lowest BCUT2D eigenvalue weighted by molar-refractivity contribution is 0.392. The van der Waals surface area contributed by atoms with Gasteiger partial charge >= 0.3 is 0 Å². The van der Waals surface area contributed by atoms with E-state index in [0.29, 0.717) is 11.3 Å². The Hall–Kier alpha value is -2.87. The highest BCUT2D eigenvalue weighted by Gasteiger charge is 2.19. The van der Waals surface area contributed by atoms with Gasteiger partial charge in [-0.3, -0.25) is 4.72 Å². The molecule has 0 aliphatic carbocycles. The minimum Gasteiger partial charge on any atom is -0.480 e. The summed E-state index contributed by atoms with van der Waals surface area (Å²) in [7, 11) is 1.49. The Balaban J connectivity index is 2.06. The number of ether oxygens (including phenoxy) is 1. The maximum absolute atomic E-state index is 12.8. The number of hydrogen-bond acceptors (Lipinski definition) is 6. The highest BCUT2D eigenvalue weighted by molar-refractivity contribution is 7.93. The number of nitrogens with one attached hydrogen (secondary N) is 1. The fourth-order valence-electron chi connectivity index (χ4n) is 2.56. The van der Waals surface area contributed by atoms with Gasteiger partial charge in [-0.15, -0.1) is 10.2 Å². The average Bonchev–Trinajstić information content (AvgIpc) is 2.60. The van der Waals surface area contributed by atoms with Gasteiger partial charge in [0, 0.05) is 36.6 Å². The van der Waals surface area contributed by atoms with Crippen LogP contribution in [0.3, 0.4) is 0 Å². The molecule has 0 atom stereocenters. The van der Waals surface area contributed by atoms with Crippen molar-refractivity contribution in [3.05, 3.63) is 48.5 Å². The van der Waals surface area contributed by atoms with Gasteiger partial charge < -0.3 is 9.64 Å². The fourth-order valence-corrected chi connectivity index (χ4v) is 3.78. The van der Waals surface area contributed by atoms with E-state index in [4.69, 9.17) is 4.74 Å². The molecule has 8 heteroatoms. The second-order valence-corrected chi connectivity index (χ2v) is 7.24. The molecule has 0 amide bonds. The Labute approximate surface area is 146 Å². The van der Waals surface area contributed by atoms with Crippen LogP contribution in [0.15, 0.2) is 53.4 Å². The average molecular weight is 358 g/mol. The van der Waals surface area contributed by atoms with Crippen LogP contribution in [0.1, 0.15) is 0 Å². The van der Waals surface area contributed by atoms with Crippen molar-refractivity contribution in [2.24, 2.45) is 0 Å². The van der Waals surface area contributed by atoms with E-state index in [1.165, 1.54) is 19.2 Å². The van der Waals surface area contributed by atoms with Crippen molar-refractivity contribution >= 4 is 32.3 Å². The molecule has 25 heavy (non-hydrogen) atoms. The number of aromatic nitrogens is 2. The Bertz CT molecular complexity index is 1000. The summed E-state index contributed by atoms with van der Waals surface area (Å²) < 4.78 is 33.0. The first-order valence-electron chi connectivity index (χ1n) is 7.52. The number of nitrogens with zero attached hydrogens (tertiary/aromatic N) is 3. The van der Waals surface area contributed by atoms with Gasteiger partial charge in [0.2, 0.25) is 5.88 Å². The quantitative estimate of drug-likeness (QED) is 0.754. The molecule has 2 aromatic carbocycles. The molecule has 1 aromatic heterocycles. The van der Waals surface area contributed by atoms with Gasteiger partial charge in [-0.25, -0.2) is 8.42 Å². The summed E-state index contributed by atoms with van der Waals surface area (Å²) in [5, 5.41) is 9.08. The fraction of sp³-hybridized carbons (Fsp3) is 0.176. The third kappa shape index (κ3) is 3.34. The largest absolute Gasteiger partial charge is 0.480 e. The molecule has 0 fully saturated rings. The molecule has 130 valence electrons. The van der Waals surface area contributed by atoms with Crippen LogP contribution < -0.4 is 14.4 Å². The Morgan fingerprint density at radius 3 is 2.32 bits per heavy atom. The van der Waals surface area contributed by atoms with Crippen molar-refractivity contribution in [1.82, 2.24) is 10.2 Å². The van der Waals surface area contributed by atoms with Crippen molar-refractivity contribution in [3.63, 3.8) is 0 Å². The SMILES string of the molecule is COc1ccc(NS(=O)(=O)c2cccc3c(N(C)C)cccc23)nn1. The molecular formula is C17H18N4O3S. The smallest absolute Gasteiger partial charge is 0.263 e. The van der Waals surface area contributed by atoms with Gasteiger partial charge in [-0.2, -0.15) is 0 Å². The molecule has 0 unspecified atom stereocenters. The van der Waals surface area contributed by atoms with E-state index in [2.05, 4.69) is 14.9 Å². The van der Waals surface area contributed by atoms with E-state index in [1.807, 2.05) is 37.2 Å². The summed E-state index contributed by atoms with van der Waals surface area (Å²) in [6.45, 7) is 0. The molecule has 0 saturated heterocycles. The van der Waals surface area contributed by atoms with Gasteiger partial charge in [0.05, 0.1) is 12.0 Å². The van der Waals surface area contributed by atoms with Crippen LogP contribution in [0.2, 0.25) is 0 Å². The zero-order valence-electron chi connectivity index (χ0n) is 14.1. The van der Waals surface area contributed by atoms with Crippen molar-refractivity contribution in [2.45, 2.75) is 4.90 Å². The second kappa shape index (κ2) is 6.56. The van der Waals surface area contributed by atoms with Gasteiger partial charge in [0.1, 0.15) is 0 Å². The van der Waals surface area contributed by atoms with Gasteiger partial charge in [-0.05, 0) is 18.2 Å². The molecular weight excluding hydrogens is 340 g/mol. The summed E-state index contributed by atoms with van der Waals surface area (Å²) in [4.78, 5) is 2.13. The van der Waals surface area contributed by atoms with E-state index in [-0.39, 0.29) is 10.7 Å². The summed E-state index contributed by atoms with van der Waals surface area (Å²) in [6.07, 6.45) is 0. The number of rotatable bonds is 5. The van der Waals surface area contributed by atoms with Crippen LogP contribution in [0.4, 0.5) is 11.5 Å². The van der Waals surface area contributed by atoms with Crippen molar-refractivity contribution in [3.8, 4) is 5.88 Å². The molecule has 3 rings (SSSR count). The predicted molar refractivity (Wildman–Crippen MR) is 97.7 cm³/mol. The second-order valence-electron chi connectivity index (χ2n) is 5.59. The van der Waals surface area contributed by atoms with Crippen molar-refractivity contribution in [1.29, 1.82) is 0 Å². The number of benzene rings is 2. The number of methoxy groups -OCH3 is 1. The number of fused-ring (bicyclic) bond motifs is 1. The zero-order valence-corrected chi connectivity index (χ0v) is 14.9. The molecule has 1 heterocycles. The van der Waals surface area contributed by atoms with Crippen LogP contribution >= 0.6 is 0 Å². The van der Waals surface area contributed by atoms with E-state index in [0.717, 1.165) is 11.1 Å². The van der Waals surface area contributed by atoms with E-state index in [1.54, 1.807) is 18.2 Å². The van der Waals surface area contributed by atoms with Gasteiger partial charge in [0.15, 0.2) is 5.82 Å². The first kappa shape index (κ1) is 17.0. The maximum atomic E-state index is 12.8. The predicted octanol–water partition coefficient (Wildman–Crippen LogP) is 2.51. The summed E-state index contributed by atoms with van der Waals surface area (Å²) in [6, 6.07) is 13.8. The number of anilines is 2. The Kier molecular flexibility index (Phi) is 4.45. The molecule has 0 bridgehead atoms. The van der Waals surface area contributed by atoms with Crippen LogP contribution in [-0.2, 0) is 10.0 Å². The highest BCUT2D eigenvalue weighted by atomic mass is 32.2. The van der Waals surface area contributed by atoms with Crippen LogP contribution in [-0.4, -0.2) is 39.8 Å². The summed E-state index contributed by atoms with van der Waals surface area (Å²) >= 11 is 0. The molecule has 7 nitrogen and oxygen atoms in total. The van der Waals surface area contributed by atoms with Gasteiger partial charge in [0.25, 0.3) is 10.0 Å². The zero-order chi connectivity index (χ0) is 18.0. The molecule has 0 saturated carbocycles. The van der Waals surface area contributed by atoms with Crippen LogP contribution in [0.5, 0.6) is 5.88 Å². The summed E-state index contributed by atoms with van der Waals surface area (Å²) in [5.41, 5.74) is 0.943. The van der Waals surface area contributed by atoms with Crippen molar-refractivity contribution < 1.29 is 13.2 Å². The van der Waals surface area contributed by atoms with E-state index >= 15 is 0 Å². The third-order valence-corrected chi connectivity index (χ3v) is 5.13. The van der Waals surface area contributed by atoms with Crippen LogP contribution in [0.25, 0.3) is 10.8 Å². The highest BCUT2D eigenvalue weighted by Crippen LogP contribution is 2.30. The minimum absolute atomic E-state index is 0.126. The van der Waals surface area contributed by atoms with Gasteiger partial charge in [-0.1, -0.05) is 24.3 Å². The lowest BCUT2D eigenvalue weighted by Crippen LogP contribution is -2.15. The number of sulfonamides is 1. The molecule has 0 spiro atoms.